The number of carbonyl (C=O) groups is 3. The second kappa shape index (κ2) is 14.8. The molecule has 1 atom stereocenters. The zero-order valence-electron chi connectivity index (χ0n) is 28.6. The summed E-state index contributed by atoms with van der Waals surface area (Å²) in [5, 5.41) is 15.8. The van der Waals surface area contributed by atoms with Crippen molar-refractivity contribution in [2.75, 3.05) is 56.9 Å². The number of hydrogen-bond donors (Lipinski definition) is 3. The lowest BCUT2D eigenvalue weighted by atomic mass is 9.98. The Morgan fingerprint density at radius 2 is 1.82 bits per heavy atom. The SMILES string of the molecule is CCN(C(=O)[C@@H]1CCN(CC(=O)N2CC=C(c3ccc(-c4ncn(C)n4)cc3)CC2)C1)c1ccc(N)c(C(=N)c2ccnc(C(=O)NC)c2)c1. The highest BCUT2D eigenvalue weighted by Crippen LogP contribution is 2.28. The molecule has 2 aromatic heterocycles. The van der Waals surface area contributed by atoms with Gasteiger partial charge in [-0.2, -0.15) is 5.10 Å². The lowest BCUT2D eigenvalue weighted by Crippen LogP contribution is -2.42. The maximum Gasteiger partial charge on any atom is 0.269 e. The number of nitrogens with zero attached hydrogens (tertiary/aromatic N) is 7. The Kier molecular flexibility index (Phi) is 10.1. The van der Waals surface area contributed by atoms with Crippen molar-refractivity contribution >= 4 is 40.4 Å². The Bertz CT molecular complexity index is 1950. The third-order valence-electron chi connectivity index (χ3n) is 9.36. The van der Waals surface area contributed by atoms with Crippen molar-refractivity contribution in [2.24, 2.45) is 13.0 Å². The zero-order valence-corrected chi connectivity index (χ0v) is 28.6. The molecule has 2 aromatic carbocycles. The van der Waals surface area contributed by atoms with Crippen LogP contribution in [0.25, 0.3) is 17.0 Å². The Balaban J connectivity index is 1.05. The fraction of sp³-hybridized carbons (Fsp3) is 0.324. The monoisotopic (exact) mass is 674 g/mol. The van der Waals surface area contributed by atoms with Crippen LogP contribution in [-0.4, -0.2) is 99.3 Å². The molecular weight excluding hydrogens is 632 g/mol. The van der Waals surface area contributed by atoms with Crippen LogP contribution in [0.2, 0.25) is 0 Å². The van der Waals surface area contributed by atoms with Crippen molar-refractivity contribution in [3.05, 3.63) is 95.6 Å². The molecule has 0 radical (unpaired) electrons. The highest BCUT2D eigenvalue weighted by molar-refractivity contribution is 6.15. The molecule has 2 aliphatic rings. The van der Waals surface area contributed by atoms with Gasteiger partial charge in [0.2, 0.25) is 11.8 Å². The number of nitrogen functional groups attached to an aromatic ring is 1. The van der Waals surface area contributed by atoms with E-state index in [4.69, 9.17) is 11.1 Å². The maximum absolute atomic E-state index is 13.8. The molecule has 4 N–H and O–H groups in total. The number of amides is 3. The van der Waals surface area contributed by atoms with Gasteiger partial charge in [-0.15, -0.1) is 0 Å². The van der Waals surface area contributed by atoms with E-state index in [0.29, 0.717) is 67.5 Å². The molecule has 0 spiro atoms. The van der Waals surface area contributed by atoms with Crippen molar-refractivity contribution in [1.29, 1.82) is 5.41 Å². The summed E-state index contributed by atoms with van der Waals surface area (Å²) >= 11 is 0. The van der Waals surface area contributed by atoms with Gasteiger partial charge in [0, 0.05) is 74.5 Å². The molecule has 2 aliphatic heterocycles. The van der Waals surface area contributed by atoms with E-state index in [0.717, 1.165) is 17.5 Å². The van der Waals surface area contributed by atoms with Gasteiger partial charge in [-0.3, -0.25) is 34.4 Å². The van der Waals surface area contributed by atoms with Gasteiger partial charge in [-0.1, -0.05) is 30.3 Å². The van der Waals surface area contributed by atoms with Crippen LogP contribution in [0.3, 0.4) is 0 Å². The van der Waals surface area contributed by atoms with Crippen LogP contribution in [-0.2, 0) is 16.6 Å². The van der Waals surface area contributed by atoms with Gasteiger partial charge in [0.25, 0.3) is 5.91 Å². The van der Waals surface area contributed by atoms with E-state index in [1.165, 1.54) is 18.8 Å². The molecule has 1 saturated heterocycles. The predicted molar refractivity (Wildman–Crippen MR) is 193 cm³/mol. The van der Waals surface area contributed by atoms with Crippen LogP contribution in [0.4, 0.5) is 11.4 Å². The first kappa shape index (κ1) is 34.2. The minimum atomic E-state index is -0.351. The summed E-state index contributed by atoms with van der Waals surface area (Å²) in [7, 11) is 3.37. The molecule has 13 heteroatoms. The van der Waals surface area contributed by atoms with Crippen molar-refractivity contribution in [2.45, 2.75) is 19.8 Å². The topological polar surface area (TPSA) is 166 Å². The average molecular weight is 675 g/mol. The number of aryl methyl sites for hydroxylation is 1. The first-order valence-corrected chi connectivity index (χ1v) is 16.8. The van der Waals surface area contributed by atoms with E-state index in [1.54, 1.807) is 46.2 Å². The number of likely N-dealkylation sites (tertiary alicyclic amines) is 1. The van der Waals surface area contributed by atoms with Crippen molar-refractivity contribution in [3.63, 3.8) is 0 Å². The molecule has 0 bridgehead atoms. The molecule has 0 aliphatic carbocycles. The first-order chi connectivity index (χ1) is 24.1. The minimum Gasteiger partial charge on any atom is -0.398 e. The highest BCUT2D eigenvalue weighted by atomic mass is 16.2. The lowest BCUT2D eigenvalue weighted by molar-refractivity contribution is -0.132. The number of anilines is 2. The quantitative estimate of drug-likeness (QED) is 0.170. The maximum atomic E-state index is 13.8. The highest BCUT2D eigenvalue weighted by Gasteiger charge is 2.33. The third kappa shape index (κ3) is 7.32. The summed E-state index contributed by atoms with van der Waals surface area (Å²) in [6.07, 6.45) is 6.72. The minimum absolute atomic E-state index is 0.0223. The number of nitrogens with two attached hydrogens (primary N) is 1. The van der Waals surface area contributed by atoms with E-state index >= 15 is 0 Å². The molecule has 50 heavy (non-hydrogen) atoms. The third-order valence-corrected chi connectivity index (χ3v) is 9.36. The number of pyridine rings is 1. The van der Waals surface area contributed by atoms with E-state index in [-0.39, 0.29) is 41.6 Å². The molecule has 4 heterocycles. The lowest BCUT2D eigenvalue weighted by Gasteiger charge is -2.29. The zero-order chi connectivity index (χ0) is 35.4. The summed E-state index contributed by atoms with van der Waals surface area (Å²) in [5.41, 5.74) is 11.9. The number of carbonyl (C=O) groups excluding carboxylic acids is 3. The molecule has 4 aromatic rings. The predicted octanol–water partition coefficient (Wildman–Crippen LogP) is 3.23. The van der Waals surface area contributed by atoms with E-state index in [9.17, 15) is 14.4 Å². The number of nitrogens with one attached hydrogen (secondary N) is 2. The standard InChI is InChI=1S/C37H42N10O3/c1-4-47(29-9-10-31(38)30(20-29)34(39)27-11-15-41-32(19-27)36(49)40-2)37(50)28-12-16-45(21-28)22-33(48)46-17-13-25(14-18-46)24-5-7-26(8-6-24)35-42-23-44(3)43-35/h5-11,13,15,19-20,23,28,39H,4,12,14,16-18,21-22,38H2,1-3H3,(H,40,49)/t28-/m1/s1. The summed E-state index contributed by atoms with van der Waals surface area (Å²) in [4.78, 5) is 53.3. The molecule has 1 fully saturated rings. The van der Waals surface area contributed by atoms with Gasteiger partial charge in [-0.05, 0) is 67.8 Å². The number of aromatic nitrogens is 4. The fourth-order valence-electron chi connectivity index (χ4n) is 6.54. The Morgan fingerprint density at radius 1 is 1.04 bits per heavy atom. The van der Waals surface area contributed by atoms with Crippen molar-refractivity contribution in [1.82, 2.24) is 34.9 Å². The molecule has 0 saturated carbocycles. The molecule has 3 amide bonds. The van der Waals surface area contributed by atoms with Crippen molar-refractivity contribution in [3.8, 4) is 11.4 Å². The van der Waals surface area contributed by atoms with Crippen LogP contribution < -0.4 is 16.0 Å². The van der Waals surface area contributed by atoms with Crippen LogP contribution in [0.1, 0.15) is 46.9 Å². The summed E-state index contributed by atoms with van der Waals surface area (Å²) in [5.74, 6) is 0.131. The van der Waals surface area contributed by atoms with Gasteiger partial charge < -0.3 is 20.9 Å². The van der Waals surface area contributed by atoms with Crippen molar-refractivity contribution < 1.29 is 14.4 Å². The Morgan fingerprint density at radius 3 is 2.50 bits per heavy atom. The summed E-state index contributed by atoms with van der Waals surface area (Å²) in [6.45, 7) is 5.00. The molecule has 13 nitrogen and oxygen atoms in total. The Hall–Kier alpha value is -5.69. The largest absolute Gasteiger partial charge is 0.398 e. The van der Waals surface area contributed by atoms with Gasteiger partial charge >= 0.3 is 0 Å². The van der Waals surface area contributed by atoms with Crippen LogP contribution in [0, 0.1) is 11.3 Å². The van der Waals surface area contributed by atoms with E-state index < -0.39 is 0 Å². The van der Waals surface area contributed by atoms with Gasteiger partial charge in [-0.25, -0.2) is 4.98 Å². The second-order valence-corrected chi connectivity index (χ2v) is 12.6. The first-order valence-electron chi connectivity index (χ1n) is 16.8. The normalized spacial score (nSPS) is 16.2. The van der Waals surface area contributed by atoms with Gasteiger partial charge in [0.1, 0.15) is 12.0 Å². The average Bonchev–Trinajstić information content (AvgIpc) is 3.81. The number of rotatable bonds is 10. The number of hydrogen-bond acceptors (Lipinski definition) is 9. The molecule has 6 rings (SSSR count). The number of benzene rings is 2. The van der Waals surface area contributed by atoms with Crippen LogP contribution in [0.5, 0.6) is 0 Å². The van der Waals surface area contributed by atoms with Crippen LogP contribution in [0.15, 0.2) is 73.2 Å². The molecule has 258 valence electrons. The van der Waals surface area contributed by atoms with Gasteiger partial charge in [0.15, 0.2) is 5.82 Å². The molecular formula is C37H42N10O3. The summed E-state index contributed by atoms with van der Waals surface area (Å²) in [6, 6.07) is 16.6. The Labute approximate surface area is 291 Å². The van der Waals surface area contributed by atoms with E-state index in [1.807, 2.05) is 31.0 Å². The van der Waals surface area contributed by atoms with E-state index in [2.05, 4.69) is 43.5 Å². The fourth-order valence-corrected chi connectivity index (χ4v) is 6.54. The second-order valence-electron chi connectivity index (χ2n) is 12.6. The summed E-state index contributed by atoms with van der Waals surface area (Å²) < 4.78 is 1.68. The smallest absolute Gasteiger partial charge is 0.269 e. The molecule has 0 unspecified atom stereocenters. The van der Waals surface area contributed by atoms with Gasteiger partial charge in [0.05, 0.1) is 18.2 Å². The van der Waals surface area contributed by atoms with Crippen LogP contribution >= 0.6 is 0 Å².